The van der Waals surface area contributed by atoms with Gasteiger partial charge >= 0.3 is 12.1 Å². The van der Waals surface area contributed by atoms with Gasteiger partial charge in [0.25, 0.3) is 5.91 Å². The zero-order valence-corrected chi connectivity index (χ0v) is 18.8. The van der Waals surface area contributed by atoms with Crippen LogP contribution in [0, 0.1) is 0 Å². The molecule has 10 nitrogen and oxygen atoms in total. The highest BCUT2D eigenvalue weighted by molar-refractivity contribution is 5.88. The predicted octanol–water partition coefficient (Wildman–Crippen LogP) is 2.35. The Hall–Kier alpha value is -2.85. The molecule has 0 spiro atoms. The molecule has 0 unspecified atom stereocenters. The van der Waals surface area contributed by atoms with E-state index in [1.54, 1.807) is 20.8 Å². The number of rotatable bonds is 9. The summed E-state index contributed by atoms with van der Waals surface area (Å²) in [6, 6.07) is 8.67. The van der Waals surface area contributed by atoms with Crippen molar-refractivity contribution in [3.8, 4) is 0 Å². The predicted molar refractivity (Wildman–Crippen MR) is 115 cm³/mol. The number of amides is 4. The van der Waals surface area contributed by atoms with Gasteiger partial charge in [-0.1, -0.05) is 30.3 Å². The van der Waals surface area contributed by atoms with Crippen LogP contribution in [0.3, 0.4) is 0 Å². The van der Waals surface area contributed by atoms with Crippen LogP contribution in [0.15, 0.2) is 30.3 Å². The van der Waals surface area contributed by atoms with E-state index in [9.17, 15) is 14.4 Å². The second-order valence-corrected chi connectivity index (χ2v) is 8.86. The lowest BCUT2D eigenvalue weighted by Gasteiger charge is -2.28. The fraction of sp³-hybridized carbons (Fsp3) is 0.591. The third kappa shape index (κ3) is 6.57. The van der Waals surface area contributed by atoms with Gasteiger partial charge in [-0.15, -0.1) is 0 Å². The smallest absolute Gasteiger partial charge is 0.407 e. The first-order valence-electron chi connectivity index (χ1n) is 10.9. The van der Waals surface area contributed by atoms with E-state index in [-0.39, 0.29) is 24.6 Å². The van der Waals surface area contributed by atoms with Crippen molar-refractivity contribution in [3.05, 3.63) is 35.9 Å². The van der Waals surface area contributed by atoms with E-state index in [4.69, 9.17) is 14.4 Å². The normalized spacial score (nSPS) is 20.3. The molecule has 2 fully saturated rings. The Morgan fingerprint density at radius 2 is 1.91 bits per heavy atom. The average Bonchev–Trinajstić information content (AvgIpc) is 2.98. The lowest BCUT2D eigenvalue weighted by Crippen LogP contribution is -2.49. The van der Waals surface area contributed by atoms with Gasteiger partial charge in [-0.05, 0) is 45.6 Å². The van der Waals surface area contributed by atoms with E-state index in [1.807, 2.05) is 30.3 Å². The minimum atomic E-state index is -0.594. The average molecular weight is 449 g/mol. The second-order valence-electron chi connectivity index (χ2n) is 8.86. The molecule has 2 aliphatic rings. The van der Waals surface area contributed by atoms with Crippen LogP contribution in [0.5, 0.6) is 0 Å². The zero-order valence-electron chi connectivity index (χ0n) is 18.8. The largest absolute Gasteiger partial charge is 0.444 e. The lowest BCUT2D eigenvalue weighted by molar-refractivity contribution is -0.141. The van der Waals surface area contributed by atoms with E-state index in [0.717, 1.165) is 5.56 Å². The molecule has 2 N–H and O–H groups in total. The second kappa shape index (κ2) is 10.6. The fourth-order valence-corrected chi connectivity index (χ4v) is 3.63. The van der Waals surface area contributed by atoms with E-state index < -0.39 is 17.7 Å². The summed E-state index contributed by atoms with van der Waals surface area (Å²) in [5.74, 6) is -0.359. The Balaban J connectivity index is 1.36. The number of hydrogen-bond donors (Lipinski definition) is 2. The molecule has 2 saturated heterocycles. The maximum atomic E-state index is 12.8. The van der Waals surface area contributed by atoms with Gasteiger partial charge in [0, 0.05) is 13.1 Å². The molecule has 2 heterocycles. The van der Waals surface area contributed by atoms with Crippen LogP contribution in [0.25, 0.3) is 0 Å². The molecule has 1 aromatic rings. The molecule has 3 rings (SSSR count). The highest BCUT2D eigenvalue weighted by atomic mass is 16.7. The number of ether oxygens (including phenoxy) is 1. The monoisotopic (exact) mass is 448 g/mol. The number of hydroxylamine groups is 3. The van der Waals surface area contributed by atoms with E-state index in [0.29, 0.717) is 39.0 Å². The summed E-state index contributed by atoms with van der Waals surface area (Å²) in [5, 5.41) is 4.01. The van der Waals surface area contributed by atoms with Crippen LogP contribution in [0.1, 0.15) is 45.6 Å². The summed E-state index contributed by atoms with van der Waals surface area (Å²) in [5.41, 5.74) is 2.84. The SMILES string of the molecule is CC(C)(C)OC(=O)NCCCONC(=O)[C@@H]1CC[C@@H]2CN1C(=O)N2OCc1ccccc1. The number of carbonyl (C=O) groups is 3. The summed E-state index contributed by atoms with van der Waals surface area (Å²) in [6.07, 6.45) is 1.21. The molecule has 0 aliphatic carbocycles. The zero-order chi connectivity index (χ0) is 23.1. The Morgan fingerprint density at radius 1 is 1.16 bits per heavy atom. The summed E-state index contributed by atoms with van der Waals surface area (Å²) >= 11 is 0. The van der Waals surface area contributed by atoms with Gasteiger partial charge in [-0.3, -0.25) is 14.5 Å². The number of nitrogens with one attached hydrogen (secondary N) is 2. The van der Waals surface area contributed by atoms with Crippen LogP contribution >= 0.6 is 0 Å². The van der Waals surface area contributed by atoms with Crippen molar-refractivity contribution in [2.45, 2.75) is 64.3 Å². The molecule has 2 atom stereocenters. The Bertz CT molecular complexity index is 797. The van der Waals surface area contributed by atoms with Crippen molar-refractivity contribution in [1.29, 1.82) is 0 Å². The molecule has 2 bridgehead atoms. The molecule has 2 aliphatic heterocycles. The first-order valence-corrected chi connectivity index (χ1v) is 10.9. The maximum absolute atomic E-state index is 12.8. The molecule has 1 aromatic carbocycles. The van der Waals surface area contributed by atoms with Gasteiger partial charge in [-0.25, -0.2) is 15.1 Å². The molecule has 176 valence electrons. The molecule has 4 amide bonds. The van der Waals surface area contributed by atoms with Gasteiger partial charge in [0.05, 0.1) is 12.6 Å². The fourth-order valence-electron chi connectivity index (χ4n) is 3.63. The van der Waals surface area contributed by atoms with Crippen molar-refractivity contribution in [1.82, 2.24) is 20.8 Å². The molecule has 10 heteroatoms. The van der Waals surface area contributed by atoms with Gasteiger partial charge in [0.15, 0.2) is 0 Å². The minimum absolute atomic E-state index is 0.0601. The Morgan fingerprint density at radius 3 is 2.62 bits per heavy atom. The molecule has 32 heavy (non-hydrogen) atoms. The third-order valence-corrected chi connectivity index (χ3v) is 5.10. The summed E-state index contributed by atoms with van der Waals surface area (Å²) in [4.78, 5) is 49.4. The Labute approximate surface area is 188 Å². The number of fused-ring (bicyclic) bond motifs is 2. The number of piperidine rings is 1. The van der Waals surface area contributed by atoms with Gasteiger partial charge in [0.1, 0.15) is 18.2 Å². The van der Waals surface area contributed by atoms with Crippen LogP contribution in [-0.4, -0.2) is 65.4 Å². The quantitative estimate of drug-likeness (QED) is 0.443. The van der Waals surface area contributed by atoms with Crippen molar-refractivity contribution < 1.29 is 28.8 Å². The van der Waals surface area contributed by atoms with Crippen LogP contribution in [-0.2, 0) is 25.8 Å². The number of hydrogen-bond acceptors (Lipinski definition) is 6. The number of alkyl carbamates (subject to hydrolysis) is 1. The van der Waals surface area contributed by atoms with E-state index in [2.05, 4.69) is 10.8 Å². The number of nitrogens with zero attached hydrogens (tertiary/aromatic N) is 2. The highest BCUT2D eigenvalue weighted by Gasteiger charge is 2.48. The van der Waals surface area contributed by atoms with Crippen molar-refractivity contribution in [2.75, 3.05) is 19.7 Å². The van der Waals surface area contributed by atoms with Crippen molar-refractivity contribution in [2.24, 2.45) is 0 Å². The summed E-state index contributed by atoms with van der Waals surface area (Å²) in [7, 11) is 0. The van der Waals surface area contributed by atoms with Crippen molar-refractivity contribution in [3.63, 3.8) is 0 Å². The number of benzene rings is 1. The topological polar surface area (TPSA) is 109 Å². The number of urea groups is 1. The van der Waals surface area contributed by atoms with Gasteiger partial charge in [0.2, 0.25) is 0 Å². The minimum Gasteiger partial charge on any atom is -0.444 e. The van der Waals surface area contributed by atoms with Crippen LogP contribution < -0.4 is 10.8 Å². The van der Waals surface area contributed by atoms with Crippen LogP contribution in [0.2, 0.25) is 0 Å². The maximum Gasteiger partial charge on any atom is 0.407 e. The molecule has 0 aromatic heterocycles. The molecular weight excluding hydrogens is 416 g/mol. The van der Waals surface area contributed by atoms with Crippen molar-refractivity contribution >= 4 is 18.0 Å². The lowest BCUT2D eigenvalue weighted by atomic mass is 10.0. The summed E-state index contributed by atoms with van der Waals surface area (Å²) < 4.78 is 5.14. The molecule has 0 radical (unpaired) electrons. The van der Waals surface area contributed by atoms with Crippen LogP contribution in [0.4, 0.5) is 9.59 Å². The summed E-state index contributed by atoms with van der Waals surface area (Å²) in [6.45, 7) is 6.69. The van der Waals surface area contributed by atoms with E-state index in [1.165, 1.54) is 9.96 Å². The first kappa shape index (κ1) is 23.8. The Kier molecular flexibility index (Phi) is 7.92. The standard InChI is InChI=1S/C22H32N4O6/c1-22(2,3)32-20(28)23-12-7-13-30-24-19(27)18-11-10-17-14-25(18)21(29)26(17)31-15-16-8-5-4-6-9-16/h4-6,8-9,17-18H,7,10-15H2,1-3H3,(H,23,28)(H,24,27)/t17-,18+/m1/s1. The molecular formula is C22H32N4O6. The van der Waals surface area contributed by atoms with E-state index >= 15 is 0 Å². The molecule has 0 saturated carbocycles. The van der Waals surface area contributed by atoms with Gasteiger partial charge < -0.3 is 15.0 Å². The highest BCUT2D eigenvalue weighted by Crippen LogP contribution is 2.30. The number of carbonyl (C=O) groups excluding carboxylic acids is 3. The first-order chi connectivity index (χ1) is 15.2. The third-order valence-electron chi connectivity index (χ3n) is 5.10. The van der Waals surface area contributed by atoms with Gasteiger partial charge in [-0.2, -0.15) is 5.06 Å².